The summed E-state index contributed by atoms with van der Waals surface area (Å²) in [7, 11) is 0. The number of benzene rings is 1. The molecule has 0 unspecified atom stereocenters. The van der Waals surface area contributed by atoms with Gasteiger partial charge in [0.25, 0.3) is 0 Å². The largest absolute Gasteiger partial charge is 0.434 e. The van der Waals surface area contributed by atoms with Gasteiger partial charge in [-0.25, -0.2) is 4.98 Å². The molecule has 2 rings (SSSR count). The predicted molar refractivity (Wildman–Crippen MR) is 88.2 cm³/mol. The molecule has 0 amide bonds. The lowest BCUT2D eigenvalue weighted by Gasteiger charge is -2.10. The van der Waals surface area contributed by atoms with Crippen LogP contribution >= 0.6 is 34.8 Å². The van der Waals surface area contributed by atoms with Crippen molar-refractivity contribution in [2.45, 2.75) is 13.5 Å². The van der Waals surface area contributed by atoms with Crippen LogP contribution in [0.3, 0.4) is 0 Å². The molecule has 0 fully saturated rings. The number of pyridine rings is 1. The molecule has 0 aliphatic heterocycles. The Hall–Kier alpha value is -1.63. The van der Waals surface area contributed by atoms with Crippen molar-refractivity contribution in [2.75, 3.05) is 5.43 Å². The lowest BCUT2D eigenvalue weighted by Crippen LogP contribution is -2.08. The van der Waals surface area contributed by atoms with Crippen LogP contribution in [0, 0.1) is 0 Å². The van der Waals surface area contributed by atoms with Crippen molar-refractivity contribution in [3.8, 4) is 5.75 Å². The number of ether oxygens (including phenoxy) is 1. The van der Waals surface area contributed by atoms with Gasteiger partial charge in [0.05, 0.1) is 15.8 Å². The molecule has 2 aromatic rings. The van der Waals surface area contributed by atoms with E-state index in [0.29, 0.717) is 11.3 Å². The highest BCUT2D eigenvalue weighted by Gasteiger charge is 2.12. The minimum atomic E-state index is -2.93. The Morgan fingerprint density at radius 3 is 2.61 bits per heavy atom. The molecule has 1 N–H and O–H groups in total. The van der Waals surface area contributed by atoms with Crippen LogP contribution in [0.4, 0.5) is 14.6 Å². The van der Waals surface area contributed by atoms with E-state index >= 15 is 0 Å². The number of aromatic nitrogens is 1. The molecule has 1 aromatic carbocycles. The van der Waals surface area contributed by atoms with E-state index in [4.69, 9.17) is 34.8 Å². The highest BCUT2D eigenvalue weighted by molar-refractivity contribution is 6.42. The van der Waals surface area contributed by atoms with Crippen molar-refractivity contribution in [3.05, 3.63) is 51.1 Å². The number of nitrogens with zero attached hydrogens (tertiary/aromatic N) is 2. The zero-order chi connectivity index (χ0) is 17.0. The minimum Gasteiger partial charge on any atom is -0.434 e. The van der Waals surface area contributed by atoms with Crippen molar-refractivity contribution < 1.29 is 13.5 Å². The number of halogens is 5. The molecule has 0 radical (unpaired) electrons. The second-order valence-corrected chi connectivity index (χ2v) is 5.45. The van der Waals surface area contributed by atoms with Crippen LogP contribution in [0.1, 0.15) is 12.5 Å². The van der Waals surface area contributed by atoms with Crippen LogP contribution < -0.4 is 10.2 Å². The number of para-hydroxylation sites is 1. The lowest BCUT2D eigenvalue weighted by molar-refractivity contribution is -0.0499. The fraction of sp³-hybridized carbons (Fsp3) is 0.143. The summed E-state index contributed by atoms with van der Waals surface area (Å²) in [6.07, 6.45) is 0. The molecule has 0 saturated heterocycles. The van der Waals surface area contributed by atoms with E-state index < -0.39 is 6.61 Å². The zero-order valence-corrected chi connectivity index (χ0v) is 13.9. The van der Waals surface area contributed by atoms with E-state index in [-0.39, 0.29) is 26.8 Å². The monoisotopic (exact) mass is 379 g/mol. The van der Waals surface area contributed by atoms with E-state index in [1.807, 2.05) is 0 Å². The second-order valence-electron chi connectivity index (χ2n) is 4.28. The number of alkyl halides is 2. The second kappa shape index (κ2) is 7.77. The Bertz CT molecular complexity index is 741. The van der Waals surface area contributed by atoms with Gasteiger partial charge in [0.1, 0.15) is 10.9 Å². The van der Waals surface area contributed by atoms with Crippen LogP contribution in [0.5, 0.6) is 5.75 Å². The SMILES string of the molecule is C/C(=N/Nc1nc(Cl)c(Cl)cc1Cl)c1ccccc1OC(F)F. The first-order valence-corrected chi connectivity index (χ1v) is 7.38. The first-order chi connectivity index (χ1) is 10.9. The molecule has 9 heteroatoms. The Kier molecular flexibility index (Phi) is 5.98. The molecule has 4 nitrogen and oxygen atoms in total. The average molecular weight is 381 g/mol. The quantitative estimate of drug-likeness (QED) is 0.424. The van der Waals surface area contributed by atoms with Crippen molar-refractivity contribution in [1.82, 2.24) is 4.98 Å². The molecule has 0 atom stereocenters. The molecule has 0 bridgehead atoms. The highest BCUT2D eigenvalue weighted by atomic mass is 35.5. The third kappa shape index (κ3) is 4.67. The van der Waals surface area contributed by atoms with Gasteiger partial charge in [-0.15, -0.1) is 0 Å². The van der Waals surface area contributed by atoms with Crippen molar-refractivity contribution in [3.63, 3.8) is 0 Å². The van der Waals surface area contributed by atoms with Gasteiger partial charge in [-0.05, 0) is 25.1 Å². The summed E-state index contributed by atoms with van der Waals surface area (Å²) in [5.74, 6) is 0.200. The lowest BCUT2D eigenvalue weighted by atomic mass is 10.1. The Labute approximate surface area is 146 Å². The van der Waals surface area contributed by atoms with E-state index in [1.54, 1.807) is 25.1 Å². The Morgan fingerprint density at radius 2 is 1.91 bits per heavy atom. The van der Waals surface area contributed by atoms with Gasteiger partial charge in [-0.1, -0.05) is 46.9 Å². The minimum absolute atomic E-state index is 0.0127. The maximum Gasteiger partial charge on any atom is 0.387 e. The summed E-state index contributed by atoms with van der Waals surface area (Å²) in [6, 6.07) is 7.70. The van der Waals surface area contributed by atoms with Crippen LogP contribution in [-0.2, 0) is 0 Å². The van der Waals surface area contributed by atoms with Crippen LogP contribution in [0.15, 0.2) is 35.4 Å². The predicted octanol–water partition coefficient (Wildman–Crippen LogP) is 5.48. The molecule has 122 valence electrons. The van der Waals surface area contributed by atoms with Gasteiger partial charge >= 0.3 is 6.61 Å². The van der Waals surface area contributed by atoms with Crippen LogP contribution in [0.2, 0.25) is 15.2 Å². The molecule has 0 spiro atoms. The maximum atomic E-state index is 12.4. The first kappa shape index (κ1) is 17.7. The van der Waals surface area contributed by atoms with Crippen molar-refractivity contribution in [2.24, 2.45) is 5.10 Å². The smallest absolute Gasteiger partial charge is 0.387 e. The van der Waals surface area contributed by atoms with Gasteiger partial charge < -0.3 is 4.74 Å². The fourth-order valence-electron chi connectivity index (χ4n) is 1.68. The third-order valence-electron chi connectivity index (χ3n) is 2.71. The van der Waals surface area contributed by atoms with Gasteiger partial charge in [0, 0.05) is 5.56 Å². The fourth-order valence-corrected chi connectivity index (χ4v) is 2.22. The molecule has 0 aliphatic carbocycles. The van der Waals surface area contributed by atoms with E-state index in [0.717, 1.165) is 0 Å². The van der Waals surface area contributed by atoms with Gasteiger partial charge in [-0.3, -0.25) is 5.43 Å². The van der Waals surface area contributed by atoms with E-state index in [1.165, 1.54) is 12.1 Å². The summed E-state index contributed by atoms with van der Waals surface area (Å²) >= 11 is 17.6. The Balaban J connectivity index is 2.26. The third-order valence-corrected chi connectivity index (χ3v) is 3.67. The molecule has 23 heavy (non-hydrogen) atoms. The number of nitrogens with one attached hydrogen (secondary N) is 1. The first-order valence-electron chi connectivity index (χ1n) is 6.24. The van der Waals surface area contributed by atoms with Gasteiger partial charge in [0.2, 0.25) is 0 Å². The topological polar surface area (TPSA) is 46.5 Å². The highest BCUT2D eigenvalue weighted by Crippen LogP contribution is 2.29. The normalized spacial score (nSPS) is 11.7. The van der Waals surface area contributed by atoms with E-state index in [2.05, 4.69) is 20.2 Å². The average Bonchev–Trinajstić information content (AvgIpc) is 2.49. The molecular formula is C14H10Cl3F2N3O. The summed E-state index contributed by atoms with van der Waals surface area (Å²) in [5.41, 5.74) is 3.41. The summed E-state index contributed by atoms with van der Waals surface area (Å²) in [4.78, 5) is 3.94. The van der Waals surface area contributed by atoms with Gasteiger partial charge in [-0.2, -0.15) is 13.9 Å². The van der Waals surface area contributed by atoms with Gasteiger partial charge in [0.15, 0.2) is 5.82 Å². The molecule has 0 saturated carbocycles. The molecular weight excluding hydrogens is 371 g/mol. The van der Waals surface area contributed by atoms with Crippen LogP contribution in [0.25, 0.3) is 0 Å². The number of rotatable bonds is 5. The van der Waals surface area contributed by atoms with Crippen LogP contribution in [-0.4, -0.2) is 17.3 Å². The zero-order valence-electron chi connectivity index (χ0n) is 11.7. The van der Waals surface area contributed by atoms with Crippen molar-refractivity contribution >= 4 is 46.3 Å². The number of hydrogen-bond donors (Lipinski definition) is 1. The summed E-state index contributed by atoms with van der Waals surface area (Å²) in [5, 5.41) is 4.54. The van der Waals surface area contributed by atoms with E-state index in [9.17, 15) is 8.78 Å². The van der Waals surface area contributed by atoms with Crippen molar-refractivity contribution in [1.29, 1.82) is 0 Å². The number of anilines is 1. The summed E-state index contributed by atoms with van der Waals surface area (Å²) in [6.45, 7) is -1.31. The molecule has 0 aliphatic rings. The molecule has 1 aromatic heterocycles. The maximum absolute atomic E-state index is 12.4. The number of hydrogen-bond acceptors (Lipinski definition) is 4. The standard InChI is InChI=1S/C14H10Cl3F2N3O/c1-7(8-4-2-3-5-11(8)23-14(18)19)21-22-13-10(16)6-9(15)12(17)20-13/h2-6,14H,1H3,(H,20,22)/b21-7-. The number of hydrazone groups is 1. The Morgan fingerprint density at radius 1 is 1.22 bits per heavy atom. The summed E-state index contributed by atoms with van der Waals surface area (Å²) < 4.78 is 29.3. The molecule has 1 heterocycles.